The number of rotatable bonds is 3. The van der Waals surface area contributed by atoms with E-state index in [-0.39, 0.29) is 0 Å². The van der Waals surface area contributed by atoms with Crippen LogP contribution in [0.4, 0.5) is 4.79 Å². The molecule has 25 heavy (non-hydrogen) atoms. The highest BCUT2D eigenvalue weighted by molar-refractivity contribution is 5.64. The van der Waals surface area contributed by atoms with Gasteiger partial charge >= 0.3 is 6.09 Å². The summed E-state index contributed by atoms with van der Waals surface area (Å²) in [7, 11) is 0. The minimum atomic E-state index is -0.711. The maximum atomic E-state index is 9.60. The van der Waals surface area contributed by atoms with Crippen LogP contribution in [-0.2, 0) is 20.7 Å². The smallest absolute Gasteiger partial charge is 0.404 e. The van der Waals surface area contributed by atoms with E-state index in [0.717, 1.165) is 18.6 Å². The van der Waals surface area contributed by atoms with Crippen LogP contribution in [0.1, 0.15) is 18.1 Å². The van der Waals surface area contributed by atoms with E-state index < -0.39 is 6.09 Å². The Balaban J connectivity index is 0. The van der Waals surface area contributed by atoms with Gasteiger partial charge in [0.15, 0.2) is 0 Å². The van der Waals surface area contributed by atoms with E-state index in [2.05, 4.69) is 71.1 Å². The van der Waals surface area contributed by atoms with Gasteiger partial charge in [-0.15, -0.1) is 0 Å². The zero-order valence-electron chi connectivity index (χ0n) is 13.9. The van der Waals surface area contributed by atoms with Gasteiger partial charge in [-0.1, -0.05) is 60.7 Å². The lowest BCUT2D eigenvalue weighted by atomic mass is 10.1. The van der Waals surface area contributed by atoms with Crippen LogP contribution in [0.25, 0.3) is 0 Å². The van der Waals surface area contributed by atoms with Gasteiger partial charge in [0.05, 0.1) is 6.61 Å². The van der Waals surface area contributed by atoms with Gasteiger partial charge in [-0.25, -0.2) is 25.2 Å². The molecule has 0 aliphatic rings. The Kier molecular flexibility index (Phi) is 17.6. The van der Waals surface area contributed by atoms with E-state index in [9.17, 15) is 4.79 Å². The first-order chi connectivity index (χ1) is 12.0. The Hall–Kier alpha value is -3.53. The number of nitrogens with one attached hydrogen (secondary N) is 2. The summed E-state index contributed by atoms with van der Waals surface area (Å²) in [6, 6.07) is 21.1. The van der Waals surface area contributed by atoms with Crippen LogP contribution in [0, 0.1) is 10.8 Å². The summed E-state index contributed by atoms with van der Waals surface area (Å²) in [5.41, 5.74) is 7.28. The molecule has 0 bridgehead atoms. The Morgan fingerprint density at radius 2 is 1.24 bits per heavy atom. The third-order valence-corrected chi connectivity index (χ3v) is 2.38. The second-order valence-corrected chi connectivity index (χ2v) is 4.10. The van der Waals surface area contributed by atoms with E-state index in [4.69, 9.17) is 20.4 Å². The molecule has 2 aromatic rings. The molecule has 7 heteroatoms. The van der Waals surface area contributed by atoms with Crippen LogP contribution < -0.4 is 5.73 Å². The third-order valence-electron chi connectivity index (χ3n) is 2.38. The fraction of sp³-hybridized carbons (Fsp3) is 0.167. The molecule has 0 aromatic heterocycles. The summed E-state index contributed by atoms with van der Waals surface area (Å²) >= 11 is 0. The molecule has 4 N–H and O–H groups in total. The molecule has 0 unspecified atom stereocenters. The molecule has 0 fully saturated rings. The van der Waals surface area contributed by atoms with Crippen LogP contribution in [0.15, 0.2) is 60.7 Å². The fourth-order valence-electron chi connectivity index (χ4n) is 1.57. The molecule has 0 aliphatic carbocycles. The fourth-order valence-corrected chi connectivity index (χ4v) is 1.57. The number of benzene rings is 2. The van der Waals surface area contributed by atoms with E-state index in [1.54, 1.807) is 6.92 Å². The van der Waals surface area contributed by atoms with Gasteiger partial charge in [0.25, 0.3) is 0 Å². The summed E-state index contributed by atoms with van der Waals surface area (Å²) < 4.78 is 4.18. The lowest BCUT2D eigenvalue weighted by molar-refractivity contribution is 0.163. The highest BCUT2D eigenvalue weighted by Crippen LogP contribution is 2.07. The van der Waals surface area contributed by atoms with Gasteiger partial charge in [0.1, 0.15) is 0 Å². The average molecular weight is 343 g/mol. The van der Waals surface area contributed by atoms with Gasteiger partial charge in [0, 0.05) is 0 Å². The minimum absolute atomic E-state index is 0.356. The largest absolute Gasteiger partial charge is 0.450 e. The molecule has 2 rings (SSSR count). The van der Waals surface area contributed by atoms with E-state index in [1.165, 1.54) is 11.1 Å². The molecule has 1 amide bonds. The Morgan fingerprint density at radius 1 is 0.920 bits per heavy atom. The first-order valence-corrected chi connectivity index (χ1v) is 7.13. The summed E-state index contributed by atoms with van der Waals surface area (Å²) in [6.07, 6.45) is 1.82. The lowest BCUT2D eigenvalue weighted by Gasteiger charge is -2.00. The molecular formula is C18H21N3O4. The van der Waals surface area contributed by atoms with Gasteiger partial charge in [-0.3, -0.25) is 0 Å². The van der Waals surface area contributed by atoms with Gasteiger partial charge in [-0.05, 0) is 24.5 Å². The van der Waals surface area contributed by atoms with E-state index in [1.807, 2.05) is 0 Å². The molecule has 132 valence electrons. The highest BCUT2D eigenvalue weighted by Gasteiger charge is 1.92. The number of carbonyl (C=O) groups is 1. The van der Waals surface area contributed by atoms with Crippen molar-refractivity contribution in [3.63, 3.8) is 0 Å². The van der Waals surface area contributed by atoms with Crippen molar-refractivity contribution < 1.29 is 19.1 Å². The summed E-state index contributed by atoms with van der Waals surface area (Å²) in [5, 5.41) is 10.8. The number of isocyanates is 2. The quantitative estimate of drug-likeness (QED) is 0.582. The maximum absolute atomic E-state index is 9.60. The lowest BCUT2D eigenvalue weighted by Crippen LogP contribution is -2.11. The minimum Gasteiger partial charge on any atom is -0.450 e. The van der Waals surface area contributed by atoms with Crippen LogP contribution in [0.3, 0.4) is 0 Å². The molecule has 0 aliphatic heterocycles. The molecular weight excluding hydrogens is 322 g/mol. The Bertz CT molecular complexity index is 584. The van der Waals surface area contributed by atoms with Crippen molar-refractivity contribution in [1.82, 2.24) is 0 Å². The van der Waals surface area contributed by atoms with Gasteiger partial charge in [-0.2, -0.15) is 0 Å². The Morgan fingerprint density at radius 3 is 1.44 bits per heavy atom. The summed E-state index contributed by atoms with van der Waals surface area (Å²) in [5.74, 6) is 0. The van der Waals surface area contributed by atoms with Crippen LogP contribution in [-0.4, -0.2) is 24.9 Å². The van der Waals surface area contributed by atoms with Crippen molar-refractivity contribution in [2.24, 2.45) is 5.73 Å². The predicted octanol–water partition coefficient (Wildman–Crippen LogP) is 3.18. The van der Waals surface area contributed by atoms with E-state index in [0.29, 0.717) is 6.61 Å². The average Bonchev–Trinajstić information content (AvgIpc) is 2.59. The topological polar surface area (TPSA) is 134 Å². The normalized spacial score (nSPS) is 7.56. The van der Waals surface area contributed by atoms with Crippen molar-refractivity contribution in [2.45, 2.75) is 13.3 Å². The first kappa shape index (κ1) is 23.7. The molecule has 0 spiro atoms. The van der Waals surface area contributed by atoms with E-state index >= 15 is 0 Å². The monoisotopic (exact) mass is 343 g/mol. The number of nitrogens with two attached hydrogens (primary N) is 1. The standard InChI is InChI=1S/C13H12.C3H7NO2.2CHNO/c1-3-7-12(8-4-1)11-13-9-5-2-6-10-13;1-2-6-3(4)5;2*2-1-3/h1-10H,11H2;2H2,1H3,(H2,4,5);2*2H. The van der Waals surface area contributed by atoms with Gasteiger partial charge < -0.3 is 10.5 Å². The number of amides is 1. The number of primary amides is 1. The molecule has 0 saturated carbocycles. The van der Waals surface area contributed by atoms with Crippen molar-refractivity contribution in [3.8, 4) is 0 Å². The highest BCUT2D eigenvalue weighted by atomic mass is 16.5. The van der Waals surface area contributed by atoms with Crippen molar-refractivity contribution >= 4 is 18.3 Å². The number of ether oxygens (including phenoxy) is 1. The zero-order valence-corrected chi connectivity index (χ0v) is 13.9. The SMILES string of the molecule is CCOC(N)=O.N=C=O.N=C=O.c1ccc(Cc2ccccc2)cc1. The molecule has 0 radical (unpaired) electrons. The second kappa shape index (κ2) is 18.5. The van der Waals surface area contributed by atoms with Crippen LogP contribution in [0.5, 0.6) is 0 Å². The van der Waals surface area contributed by atoms with Crippen molar-refractivity contribution in [2.75, 3.05) is 6.61 Å². The third kappa shape index (κ3) is 18.4. The number of carbonyl (C=O) groups excluding carboxylic acids is 3. The number of hydrogen-bond acceptors (Lipinski definition) is 6. The number of hydrogen-bond donors (Lipinski definition) is 3. The molecule has 2 aromatic carbocycles. The summed E-state index contributed by atoms with van der Waals surface area (Å²) in [4.78, 5) is 26.3. The first-order valence-electron chi connectivity index (χ1n) is 7.13. The maximum Gasteiger partial charge on any atom is 0.404 e. The Labute approximate surface area is 146 Å². The molecule has 0 heterocycles. The van der Waals surface area contributed by atoms with Gasteiger partial charge in [0.2, 0.25) is 12.2 Å². The summed E-state index contributed by atoms with van der Waals surface area (Å²) in [6.45, 7) is 2.06. The zero-order chi connectivity index (χ0) is 19.3. The molecule has 7 nitrogen and oxygen atoms in total. The second-order valence-electron chi connectivity index (χ2n) is 4.10. The molecule has 0 atom stereocenters. The predicted molar refractivity (Wildman–Crippen MR) is 93.7 cm³/mol. The van der Waals surface area contributed by atoms with Crippen LogP contribution >= 0.6 is 0 Å². The molecule has 0 saturated heterocycles. The van der Waals surface area contributed by atoms with Crippen molar-refractivity contribution in [3.05, 3.63) is 71.8 Å². The van der Waals surface area contributed by atoms with Crippen LogP contribution in [0.2, 0.25) is 0 Å². The van der Waals surface area contributed by atoms with Crippen molar-refractivity contribution in [1.29, 1.82) is 10.8 Å².